The molecule has 0 heterocycles. The van der Waals surface area contributed by atoms with Gasteiger partial charge in [-0.1, -0.05) is 6.07 Å². The SMILES string of the molecule is CC(C)(C=O)c1cc(F)ccc1CN. The Morgan fingerprint density at radius 1 is 1.50 bits per heavy atom. The van der Waals surface area contributed by atoms with Crippen LogP contribution in [0, 0.1) is 5.82 Å². The average Bonchev–Trinajstić information content (AvgIpc) is 2.18. The fraction of sp³-hybridized carbons (Fsp3) is 0.364. The van der Waals surface area contributed by atoms with E-state index < -0.39 is 5.41 Å². The number of aldehydes is 1. The molecule has 0 aliphatic heterocycles. The minimum Gasteiger partial charge on any atom is -0.326 e. The summed E-state index contributed by atoms with van der Waals surface area (Å²) in [4.78, 5) is 10.8. The van der Waals surface area contributed by atoms with E-state index in [0.29, 0.717) is 12.1 Å². The summed E-state index contributed by atoms with van der Waals surface area (Å²) >= 11 is 0. The molecule has 0 radical (unpaired) electrons. The molecule has 1 aromatic rings. The molecule has 0 bridgehead atoms. The largest absolute Gasteiger partial charge is 0.326 e. The molecule has 3 heteroatoms. The second kappa shape index (κ2) is 3.88. The van der Waals surface area contributed by atoms with Crippen LogP contribution < -0.4 is 5.73 Å². The molecule has 0 aliphatic carbocycles. The van der Waals surface area contributed by atoms with Gasteiger partial charge in [0, 0.05) is 12.0 Å². The molecule has 0 aromatic heterocycles. The zero-order valence-electron chi connectivity index (χ0n) is 8.38. The molecule has 14 heavy (non-hydrogen) atoms. The van der Waals surface area contributed by atoms with E-state index in [4.69, 9.17) is 5.73 Å². The quantitative estimate of drug-likeness (QED) is 0.747. The van der Waals surface area contributed by atoms with Gasteiger partial charge in [0.1, 0.15) is 12.1 Å². The van der Waals surface area contributed by atoms with E-state index in [1.807, 2.05) is 0 Å². The number of halogens is 1. The molecule has 0 fully saturated rings. The van der Waals surface area contributed by atoms with Crippen LogP contribution in [0.3, 0.4) is 0 Å². The highest BCUT2D eigenvalue weighted by atomic mass is 19.1. The van der Waals surface area contributed by atoms with Crippen molar-refractivity contribution in [3.8, 4) is 0 Å². The summed E-state index contributed by atoms with van der Waals surface area (Å²) in [6.45, 7) is 3.80. The van der Waals surface area contributed by atoms with Crippen LogP contribution in [0.1, 0.15) is 25.0 Å². The molecular formula is C11H14FNO. The van der Waals surface area contributed by atoms with Gasteiger partial charge >= 0.3 is 0 Å². The molecule has 2 N–H and O–H groups in total. The number of nitrogens with two attached hydrogens (primary N) is 1. The Hall–Kier alpha value is -1.22. The number of hydrogen-bond acceptors (Lipinski definition) is 2. The normalized spacial score (nSPS) is 11.4. The first-order valence-electron chi connectivity index (χ1n) is 4.46. The van der Waals surface area contributed by atoms with Crippen molar-refractivity contribution in [1.29, 1.82) is 0 Å². The second-order valence-corrected chi connectivity index (χ2v) is 3.85. The fourth-order valence-electron chi connectivity index (χ4n) is 1.39. The molecule has 0 saturated heterocycles. The number of carbonyl (C=O) groups excluding carboxylic acids is 1. The molecule has 1 aromatic carbocycles. The second-order valence-electron chi connectivity index (χ2n) is 3.85. The van der Waals surface area contributed by atoms with E-state index in [9.17, 15) is 9.18 Å². The predicted molar refractivity (Wildman–Crippen MR) is 53.4 cm³/mol. The molecule has 2 nitrogen and oxygen atoms in total. The lowest BCUT2D eigenvalue weighted by atomic mass is 9.83. The average molecular weight is 195 g/mol. The smallest absolute Gasteiger partial charge is 0.129 e. The van der Waals surface area contributed by atoms with Crippen molar-refractivity contribution in [2.45, 2.75) is 25.8 Å². The van der Waals surface area contributed by atoms with Crippen LogP contribution in [0.4, 0.5) is 4.39 Å². The minimum absolute atomic E-state index is 0.312. The Kier molecular flexibility index (Phi) is 3.01. The van der Waals surface area contributed by atoms with Crippen LogP contribution in [0.15, 0.2) is 18.2 Å². The van der Waals surface area contributed by atoms with Crippen molar-refractivity contribution in [2.75, 3.05) is 0 Å². The standard InChI is InChI=1S/C11H14FNO/c1-11(2,7-14)10-5-9(12)4-3-8(10)6-13/h3-5,7H,6,13H2,1-2H3. The Labute approximate surface area is 82.9 Å². The molecule has 0 saturated carbocycles. The highest BCUT2D eigenvalue weighted by molar-refractivity contribution is 5.68. The Morgan fingerprint density at radius 2 is 2.14 bits per heavy atom. The lowest BCUT2D eigenvalue weighted by Gasteiger charge is -2.20. The van der Waals surface area contributed by atoms with E-state index in [2.05, 4.69) is 0 Å². The topological polar surface area (TPSA) is 43.1 Å². The Balaban J connectivity index is 3.30. The molecule has 0 aliphatic rings. The maximum Gasteiger partial charge on any atom is 0.129 e. The van der Waals surface area contributed by atoms with Crippen LogP contribution in [0.2, 0.25) is 0 Å². The third kappa shape index (κ3) is 1.99. The molecule has 76 valence electrons. The van der Waals surface area contributed by atoms with Gasteiger partial charge in [0.15, 0.2) is 0 Å². The molecular weight excluding hydrogens is 181 g/mol. The lowest BCUT2D eigenvalue weighted by molar-refractivity contribution is -0.111. The maximum atomic E-state index is 13.0. The van der Waals surface area contributed by atoms with Crippen LogP contribution >= 0.6 is 0 Å². The summed E-state index contributed by atoms with van der Waals surface area (Å²) in [7, 11) is 0. The van der Waals surface area contributed by atoms with Gasteiger partial charge in [0.2, 0.25) is 0 Å². The van der Waals surface area contributed by atoms with Gasteiger partial charge < -0.3 is 10.5 Å². The molecule has 0 amide bonds. The third-order valence-corrected chi connectivity index (χ3v) is 2.28. The van der Waals surface area contributed by atoms with Gasteiger partial charge in [-0.3, -0.25) is 0 Å². The monoisotopic (exact) mass is 195 g/mol. The highest BCUT2D eigenvalue weighted by Crippen LogP contribution is 2.25. The van der Waals surface area contributed by atoms with Crippen molar-refractivity contribution in [3.05, 3.63) is 35.1 Å². The van der Waals surface area contributed by atoms with Gasteiger partial charge in [-0.2, -0.15) is 0 Å². The summed E-state index contributed by atoms with van der Waals surface area (Å²) in [6, 6.07) is 4.35. The predicted octanol–water partition coefficient (Wildman–Crippen LogP) is 1.76. The zero-order chi connectivity index (χ0) is 10.8. The maximum absolute atomic E-state index is 13.0. The van der Waals surface area contributed by atoms with Crippen LogP contribution in [0.25, 0.3) is 0 Å². The van der Waals surface area contributed by atoms with Crippen molar-refractivity contribution in [2.24, 2.45) is 5.73 Å². The number of hydrogen-bond donors (Lipinski definition) is 1. The van der Waals surface area contributed by atoms with Gasteiger partial charge in [0.25, 0.3) is 0 Å². The molecule has 1 rings (SSSR count). The molecule has 0 spiro atoms. The highest BCUT2D eigenvalue weighted by Gasteiger charge is 2.22. The van der Waals surface area contributed by atoms with Crippen molar-refractivity contribution < 1.29 is 9.18 Å². The van der Waals surface area contributed by atoms with Crippen molar-refractivity contribution >= 4 is 6.29 Å². The van der Waals surface area contributed by atoms with Crippen LogP contribution in [-0.2, 0) is 16.8 Å². The summed E-state index contributed by atoms with van der Waals surface area (Å²) in [5.41, 5.74) is 6.30. The van der Waals surface area contributed by atoms with E-state index in [-0.39, 0.29) is 5.82 Å². The van der Waals surface area contributed by atoms with Crippen LogP contribution in [0.5, 0.6) is 0 Å². The first kappa shape index (κ1) is 10.9. The zero-order valence-corrected chi connectivity index (χ0v) is 8.38. The van der Waals surface area contributed by atoms with Gasteiger partial charge in [-0.05, 0) is 37.1 Å². The van der Waals surface area contributed by atoms with Gasteiger partial charge in [-0.15, -0.1) is 0 Å². The summed E-state index contributed by atoms with van der Waals surface area (Å²) in [6.07, 6.45) is 0.806. The summed E-state index contributed by atoms with van der Waals surface area (Å²) in [5.74, 6) is -0.341. The molecule has 0 atom stereocenters. The number of benzene rings is 1. The van der Waals surface area contributed by atoms with E-state index in [1.54, 1.807) is 19.9 Å². The van der Waals surface area contributed by atoms with E-state index in [1.165, 1.54) is 12.1 Å². The number of rotatable bonds is 3. The number of carbonyl (C=O) groups is 1. The summed E-state index contributed by atoms with van der Waals surface area (Å²) < 4.78 is 13.0. The van der Waals surface area contributed by atoms with E-state index >= 15 is 0 Å². The van der Waals surface area contributed by atoms with E-state index in [0.717, 1.165) is 11.8 Å². The van der Waals surface area contributed by atoms with Gasteiger partial charge in [0.05, 0.1) is 0 Å². The van der Waals surface area contributed by atoms with Gasteiger partial charge in [-0.25, -0.2) is 4.39 Å². The molecule has 0 unspecified atom stereocenters. The van der Waals surface area contributed by atoms with Crippen molar-refractivity contribution in [1.82, 2.24) is 0 Å². The first-order chi connectivity index (χ1) is 6.51. The Morgan fingerprint density at radius 3 is 2.64 bits per heavy atom. The third-order valence-electron chi connectivity index (χ3n) is 2.28. The summed E-state index contributed by atoms with van der Waals surface area (Å²) in [5, 5.41) is 0. The fourth-order valence-corrected chi connectivity index (χ4v) is 1.39. The first-order valence-corrected chi connectivity index (χ1v) is 4.46. The Bertz CT molecular complexity index is 347. The van der Waals surface area contributed by atoms with Crippen molar-refractivity contribution in [3.63, 3.8) is 0 Å². The van der Waals surface area contributed by atoms with Crippen LogP contribution in [-0.4, -0.2) is 6.29 Å². The minimum atomic E-state index is -0.684. The lowest BCUT2D eigenvalue weighted by Crippen LogP contribution is -2.22.